The number of aryl methyl sites for hydroxylation is 1. The van der Waals surface area contributed by atoms with Crippen molar-refractivity contribution in [3.8, 4) is 11.3 Å². The van der Waals surface area contributed by atoms with Gasteiger partial charge in [0.05, 0.1) is 4.92 Å². The van der Waals surface area contributed by atoms with Crippen molar-refractivity contribution >= 4 is 17.3 Å². The lowest BCUT2D eigenvalue weighted by Crippen LogP contribution is -1.97. The fourth-order valence-corrected chi connectivity index (χ4v) is 1.74. The van der Waals surface area contributed by atoms with Crippen LogP contribution in [0.15, 0.2) is 30.3 Å². The minimum Gasteiger partial charge on any atom is -0.258 e. The molecule has 0 bridgehead atoms. The van der Waals surface area contributed by atoms with E-state index in [1.165, 1.54) is 24.3 Å². The molecule has 0 unspecified atom stereocenters. The molecule has 2 rings (SSSR count). The quantitative estimate of drug-likeness (QED) is 0.472. The maximum atomic E-state index is 13.7. The van der Waals surface area contributed by atoms with Gasteiger partial charge in [-0.2, -0.15) is 0 Å². The lowest BCUT2D eigenvalue weighted by Gasteiger charge is -2.05. The van der Waals surface area contributed by atoms with Crippen LogP contribution in [0.4, 0.5) is 10.1 Å². The molecule has 0 saturated carbocycles. The first-order valence-electron chi connectivity index (χ1n) is 5.06. The van der Waals surface area contributed by atoms with Crippen LogP contribution in [-0.2, 0) is 0 Å². The predicted octanol–water partition coefficient (Wildman–Crippen LogP) is 3.76. The first-order chi connectivity index (χ1) is 8.49. The van der Waals surface area contributed by atoms with Crippen LogP contribution in [-0.4, -0.2) is 9.91 Å². The molecule has 0 aliphatic rings. The first kappa shape index (κ1) is 12.4. The van der Waals surface area contributed by atoms with Crippen LogP contribution >= 0.6 is 11.6 Å². The van der Waals surface area contributed by atoms with Crippen molar-refractivity contribution in [2.75, 3.05) is 0 Å². The fraction of sp³-hybridized carbons (Fsp3) is 0.0833. The predicted molar refractivity (Wildman–Crippen MR) is 66.0 cm³/mol. The zero-order chi connectivity index (χ0) is 13.3. The molecule has 0 spiro atoms. The van der Waals surface area contributed by atoms with E-state index in [1.54, 1.807) is 13.0 Å². The van der Waals surface area contributed by atoms with Gasteiger partial charge < -0.3 is 0 Å². The van der Waals surface area contributed by atoms with Gasteiger partial charge in [0.15, 0.2) is 5.69 Å². The molecule has 0 saturated heterocycles. The summed E-state index contributed by atoms with van der Waals surface area (Å²) >= 11 is 5.71. The molecule has 0 atom stereocenters. The molecule has 0 aliphatic carbocycles. The summed E-state index contributed by atoms with van der Waals surface area (Å²) < 4.78 is 13.7. The SMILES string of the molecule is Cc1ccc(F)c(-c2nc(Cl)ccc2[N+](=O)[O-])c1. The maximum Gasteiger partial charge on any atom is 0.295 e. The number of rotatable bonds is 2. The Balaban J connectivity index is 2.73. The van der Waals surface area contributed by atoms with Gasteiger partial charge in [-0.15, -0.1) is 0 Å². The van der Waals surface area contributed by atoms with Crippen LogP contribution in [0.25, 0.3) is 11.3 Å². The molecule has 0 radical (unpaired) electrons. The van der Waals surface area contributed by atoms with Crippen molar-refractivity contribution < 1.29 is 9.31 Å². The normalized spacial score (nSPS) is 10.4. The van der Waals surface area contributed by atoms with Gasteiger partial charge in [0.25, 0.3) is 5.69 Å². The summed E-state index contributed by atoms with van der Waals surface area (Å²) in [5.74, 6) is -0.571. The largest absolute Gasteiger partial charge is 0.295 e. The number of nitro groups is 1. The molecule has 1 aromatic carbocycles. The molecular weight excluding hydrogens is 259 g/mol. The van der Waals surface area contributed by atoms with Crippen LogP contribution in [0.3, 0.4) is 0 Å². The van der Waals surface area contributed by atoms with Crippen LogP contribution in [0.5, 0.6) is 0 Å². The van der Waals surface area contributed by atoms with E-state index < -0.39 is 10.7 Å². The van der Waals surface area contributed by atoms with Gasteiger partial charge in [-0.1, -0.05) is 23.2 Å². The highest BCUT2D eigenvalue weighted by Crippen LogP contribution is 2.31. The van der Waals surface area contributed by atoms with Gasteiger partial charge in [-0.25, -0.2) is 9.37 Å². The molecule has 0 amide bonds. The van der Waals surface area contributed by atoms with Crippen molar-refractivity contribution in [1.82, 2.24) is 4.98 Å². The second-order valence-electron chi connectivity index (χ2n) is 3.74. The number of nitrogens with zero attached hydrogens (tertiary/aromatic N) is 2. The van der Waals surface area contributed by atoms with Crippen molar-refractivity contribution in [3.05, 3.63) is 57.0 Å². The highest BCUT2D eigenvalue weighted by Gasteiger charge is 2.20. The molecule has 0 aliphatic heterocycles. The average molecular weight is 267 g/mol. The third-order valence-electron chi connectivity index (χ3n) is 2.41. The Bertz CT molecular complexity index is 631. The smallest absolute Gasteiger partial charge is 0.258 e. The molecular formula is C12H8ClFN2O2. The lowest BCUT2D eigenvalue weighted by molar-refractivity contribution is -0.384. The number of hydrogen-bond donors (Lipinski definition) is 0. The van der Waals surface area contributed by atoms with Crippen LogP contribution < -0.4 is 0 Å². The molecule has 2 aromatic rings. The van der Waals surface area contributed by atoms with E-state index in [2.05, 4.69) is 4.98 Å². The van der Waals surface area contributed by atoms with E-state index in [1.807, 2.05) is 0 Å². The fourth-order valence-electron chi connectivity index (χ4n) is 1.59. The van der Waals surface area contributed by atoms with Crippen molar-refractivity contribution in [1.29, 1.82) is 0 Å². The Hall–Kier alpha value is -2.01. The van der Waals surface area contributed by atoms with Gasteiger partial charge in [-0.3, -0.25) is 10.1 Å². The van der Waals surface area contributed by atoms with E-state index in [4.69, 9.17) is 11.6 Å². The van der Waals surface area contributed by atoms with Gasteiger partial charge in [-0.05, 0) is 25.1 Å². The minimum atomic E-state index is -0.611. The Morgan fingerprint density at radius 2 is 2.06 bits per heavy atom. The average Bonchev–Trinajstić information content (AvgIpc) is 2.31. The van der Waals surface area contributed by atoms with Gasteiger partial charge in [0.2, 0.25) is 0 Å². The second kappa shape index (κ2) is 4.70. The van der Waals surface area contributed by atoms with E-state index in [9.17, 15) is 14.5 Å². The van der Waals surface area contributed by atoms with Crippen LogP contribution in [0.1, 0.15) is 5.56 Å². The van der Waals surface area contributed by atoms with Gasteiger partial charge in [0, 0.05) is 11.6 Å². The molecule has 18 heavy (non-hydrogen) atoms. The molecule has 0 fully saturated rings. The molecule has 1 heterocycles. The molecule has 4 nitrogen and oxygen atoms in total. The van der Waals surface area contributed by atoms with Crippen molar-refractivity contribution in [2.45, 2.75) is 6.92 Å². The Labute approximate surface area is 107 Å². The summed E-state index contributed by atoms with van der Waals surface area (Å²) in [6.07, 6.45) is 0. The Kier molecular flexibility index (Phi) is 3.25. The summed E-state index contributed by atoms with van der Waals surface area (Å²) in [5, 5.41) is 11.0. The first-order valence-corrected chi connectivity index (χ1v) is 5.44. The zero-order valence-corrected chi connectivity index (χ0v) is 10.1. The summed E-state index contributed by atoms with van der Waals surface area (Å²) in [5.41, 5.74) is 0.518. The summed E-state index contributed by atoms with van der Waals surface area (Å²) in [7, 11) is 0. The number of benzene rings is 1. The monoisotopic (exact) mass is 266 g/mol. The third kappa shape index (κ3) is 2.31. The zero-order valence-electron chi connectivity index (χ0n) is 9.35. The third-order valence-corrected chi connectivity index (χ3v) is 2.62. The topological polar surface area (TPSA) is 56.0 Å². The second-order valence-corrected chi connectivity index (χ2v) is 4.13. The highest BCUT2D eigenvalue weighted by molar-refractivity contribution is 6.29. The van der Waals surface area contributed by atoms with Gasteiger partial charge in [0.1, 0.15) is 11.0 Å². The van der Waals surface area contributed by atoms with E-state index >= 15 is 0 Å². The van der Waals surface area contributed by atoms with E-state index in [-0.39, 0.29) is 22.1 Å². The van der Waals surface area contributed by atoms with Crippen LogP contribution in [0, 0.1) is 22.9 Å². The van der Waals surface area contributed by atoms with Crippen molar-refractivity contribution in [3.63, 3.8) is 0 Å². The molecule has 1 aromatic heterocycles. The van der Waals surface area contributed by atoms with Crippen LogP contribution in [0.2, 0.25) is 5.15 Å². The number of aromatic nitrogens is 1. The van der Waals surface area contributed by atoms with Gasteiger partial charge >= 0.3 is 0 Å². The van der Waals surface area contributed by atoms with Crippen molar-refractivity contribution in [2.24, 2.45) is 0 Å². The summed E-state index contributed by atoms with van der Waals surface area (Å²) in [4.78, 5) is 14.1. The summed E-state index contributed by atoms with van der Waals surface area (Å²) in [6.45, 7) is 1.76. The Morgan fingerprint density at radius 1 is 1.33 bits per heavy atom. The number of hydrogen-bond acceptors (Lipinski definition) is 3. The number of pyridine rings is 1. The molecule has 92 valence electrons. The summed E-state index contributed by atoms with van der Waals surface area (Å²) in [6, 6.07) is 6.84. The molecule has 6 heteroatoms. The minimum absolute atomic E-state index is 0.0614. The number of halogens is 2. The van der Waals surface area contributed by atoms with E-state index in [0.717, 1.165) is 5.56 Å². The molecule has 0 N–H and O–H groups in total. The standard InChI is InChI=1S/C12H8ClFN2O2/c1-7-2-3-9(14)8(6-7)12-10(16(17)18)4-5-11(13)15-12/h2-6H,1H3. The lowest BCUT2D eigenvalue weighted by atomic mass is 10.1. The highest BCUT2D eigenvalue weighted by atomic mass is 35.5. The maximum absolute atomic E-state index is 13.7. The van der Waals surface area contributed by atoms with E-state index in [0.29, 0.717) is 0 Å². The Morgan fingerprint density at radius 3 is 2.72 bits per heavy atom.